The third kappa shape index (κ3) is 4.20. The van der Waals surface area contributed by atoms with Gasteiger partial charge in [-0.15, -0.1) is 0 Å². The summed E-state index contributed by atoms with van der Waals surface area (Å²) in [6.45, 7) is 6.70. The maximum atomic E-state index is 11.8. The molecule has 0 bridgehead atoms. The summed E-state index contributed by atoms with van der Waals surface area (Å²) in [7, 11) is 0. The van der Waals surface area contributed by atoms with Crippen LogP contribution in [0.1, 0.15) is 27.2 Å². The second-order valence-electron chi connectivity index (χ2n) is 4.27. The van der Waals surface area contributed by atoms with Crippen LogP contribution in [0.15, 0.2) is 17.2 Å². The molecule has 0 fully saturated rings. The zero-order chi connectivity index (χ0) is 13.5. The molecule has 100 valence electrons. The van der Waals surface area contributed by atoms with Crippen molar-refractivity contribution in [3.8, 4) is 0 Å². The number of nitrogens with zero attached hydrogens (tertiary/aromatic N) is 2. The molecule has 6 nitrogen and oxygen atoms in total. The van der Waals surface area contributed by atoms with Gasteiger partial charge in [-0.05, 0) is 20.8 Å². The Bertz CT molecular complexity index is 454. The van der Waals surface area contributed by atoms with Crippen LogP contribution >= 0.6 is 0 Å². The van der Waals surface area contributed by atoms with E-state index in [9.17, 15) is 9.59 Å². The molecule has 0 saturated heterocycles. The number of carbonyl (C=O) groups excluding carboxylic acids is 1. The van der Waals surface area contributed by atoms with E-state index in [2.05, 4.69) is 15.6 Å². The van der Waals surface area contributed by atoms with Crippen LogP contribution in [0, 0.1) is 0 Å². The number of carbonyl (C=O) groups is 1. The van der Waals surface area contributed by atoms with E-state index >= 15 is 0 Å². The third-order valence-electron chi connectivity index (χ3n) is 2.35. The largest absolute Gasteiger partial charge is 0.365 e. The fourth-order valence-corrected chi connectivity index (χ4v) is 1.51. The van der Waals surface area contributed by atoms with Crippen LogP contribution in [-0.4, -0.2) is 28.0 Å². The smallest absolute Gasteiger partial charge is 0.293 e. The Balaban J connectivity index is 2.49. The Kier molecular flexibility index (Phi) is 5.35. The summed E-state index contributed by atoms with van der Waals surface area (Å²) in [6, 6.07) is 0.129. The maximum Gasteiger partial charge on any atom is 0.293 e. The molecule has 1 amide bonds. The number of nitrogens with one attached hydrogen (secondary N) is 2. The molecule has 0 aliphatic rings. The Morgan fingerprint density at radius 3 is 2.83 bits per heavy atom. The van der Waals surface area contributed by atoms with Crippen LogP contribution in [-0.2, 0) is 11.3 Å². The van der Waals surface area contributed by atoms with Gasteiger partial charge in [0, 0.05) is 37.9 Å². The fraction of sp³-hybridized carbons (Fsp3) is 0.583. The van der Waals surface area contributed by atoms with Crippen molar-refractivity contribution < 1.29 is 4.79 Å². The van der Waals surface area contributed by atoms with Gasteiger partial charge < -0.3 is 15.2 Å². The first-order chi connectivity index (χ1) is 8.54. The van der Waals surface area contributed by atoms with Crippen molar-refractivity contribution in [1.29, 1.82) is 0 Å². The predicted octanol–water partition coefficient (Wildman–Crippen LogP) is 0.590. The molecule has 0 saturated carbocycles. The fourth-order valence-electron chi connectivity index (χ4n) is 1.51. The SMILES string of the molecule is CCn1ccnc(NCCC(=O)NC(C)C)c1=O. The molecule has 0 aromatic carbocycles. The zero-order valence-electron chi connectivity index (χ0n) is 11.1. The summed E-state index contributed by atoms with van der Waals surface area (Å²) in [5.41, 5.74) is -0.163. The van der Waals surface area contributed by atoms with E-state index < -0.39 is 0 Å². The van der Waals surface area contributed by atoms with Gasteiger partial charge in [-0.2, -0.15) is 0 Å². The summed E-state index contributed by atoms with van der Waals surface area (Å²) >= 11 is 0. The van der Waals surface area contributed by atoms with E-state index in [0.717, 1.165) is 0 Å². The van der Waals surface area contributed by atoms with E-state index in [1.165, 1.54) is 0 Å². The van der Waals surface area contributed by atoms with Gasteiger partial charge in [0.25, 0.3) is 5.56 Å². The molecule has 0 aliphatic carbocycles. The number of aromatic nitrogens is 2. The molecule has 18 heavy (non-hydrogen) atoms. The number of anilines is 1. The van der Waals surface area contributed by atoms with E-state index in [-0.39, 0.29) is 23.3 Å². The Hall–Kier alpha value is -1.85. The molecule has 0 atom stereocenters. The van der Waals surface area contributed by atoms with Crippen molar-refractivity contribution in [2.24, 2.45) is 0 Å². The molecule has 6 heteroatoms. The number of rotatable bonds is 6. The first kappa shape index (κ1) is 14.2. The van der Waals surface area contributed by atoms with Crippen molar-refractivity contribution in [3.63, 3.8) is 0 Å². The minimum absolute atomic E-state index is 0.0377. The lowest BCUT2D eigenvalue weighted by molar-refractivity contribution is -0.121. The van der Waals surface area contributed by atoms with E-state index in [1.807, 2.05) is 20.8 Å². The van der Waals surface area contributed by atoms with Gasteiger partial charge >= 0.3 is 0 Å². The monoisotopic (exact) mass is 252 g/mol. The van der Waals surface area contributed by atoms with Crippen molar-refractivity contribution >= 4 is 11.7 Å². The Morgan fingerprint density at radius 2 is 2.22 bits per heavy atom. The van der Waals surface area contributed by atoms with Crippen LogP contribution < -0.4 is 16.2 Å². The number of amides is 1. The van der Waals surface area contributed by atoms with Crippen LogP contribution in [0.25, 0.3) is 0 Å². The summed E-state index contributed by atoms with van der Waals surface area (Å²) in [6.07, 6.45) is 3.53. The lowest BCUT2D eigenvalue weighted by Gasteiger charge is -2.09. The van der Waals surface area contributed by atoms with Gasteiger partial charge in [-0.1, -0.05) is 0 Å². The average molecular weight is 252 g/mol. The van der Waals surface area contributed by atoms with E-state index in [0.29, 0.717) is 19.5 Å². The highest BCUT2D eigenvalue weighted by molar-refractivity contribution is 5.76. The molecular formula is C12H20N4O2. The van der Waals surface area contributed by atoms with Gasteiger partial charge in [-0.3, -0.25) is 9.59 Å². The first-order valence-corrected chi connectivity index (χ1v) is 6.13. The molecule has 1 rings (SSSR count). The minimum atomic E-state index is -0.163. The minimum Gasteiger partial charge on any atom is -0.365 e. The van der Waals surface area contributed by atoms with Crippen molar-refractivity contribution in [2.75, 3.05) is 11.9 Å². The Labute approximate surface area is 106 Å². The predicted molar refractivity (Wildman–Crippen MR) is 70.6 cm³/mol. The molecule has 0 spiro atoms. The topological polar surface area (TPSA) is 76.0 Å². The molecule has 0 unspecified atom stereocenters. The van der Waals surface area contributed by atoms with Crippen LogP contribution in [0.5, 0.6) is 0 Å². The standard InChI is InChI=1S/C12H20N4O2/c1-4-16-8-7-14-11(12(16)18)13-6-5-10(17)15-9(2)3/h7-9H,4-6H2,1-3H3,(H,13,14)(H,15,17). The summed E-state index contributed by atoms with van der Waals surface area (Å²) < 4.78 is 1.56. The normalized spacial score (nSPS) is 10.4. The van der Waals surface area contributed by atoms with Crippen LogP contribution in [0.2, 0.25) is 0 Å². The third-order valence-corrected chi connectivity index (χ3v) is 2.35. The number of aryl methyl sites for hydroxylation is 1. The molecular weight excluding hydrogens is 232 g/mol. The second-order valence-corrected chi connectivity index (χ2v) is 4.27. The highest BCUT2D eigenvalue weighted by Crippen LogP contribution is 1.94. The van der Waals surface area contributed by atoms with Gasteiger partial charge in [0.05, 0.1) is 0 Å². The molecule has 0 radical (unpaired) electrons. The number of hydrogen-bond donors (Lipinski definition) is 2. The van der Waals surface area contributed by atoms with E-state index in [4.69, 9.17) is 0 Å². The summed E-state index contributed by atoms with van der Waals surface area (Å²) in [4.78, 5) is 27.2. The van der Waals surface area contributed by atoms with E-state index in [1.54, 1.807) is 17.0 Å². The van der Waals surface area contributed by atoms with Crippen molar-refractivity contribution in [1.82, 2.24) is 14.9 Å². The quantitative estimate of drug-likeness (QED) is 0.777. The molecule has 0 aliphatic heterocycles. The molecule has 1 aromatic heterocycles. The summed E-state index contributed by atoms with van der Waals surface area (Å²) in [5, 5.41) is 5.67. The highest BCUT2D eigenvalue weighted by atomic mass is 16.1. The second kappa shape index (κ2) is 6.78. The van der Waals surface area contributed by atoms with Crippen LogP contribution in [0.4, 0.5) is 5.82 Å². The number of hydrogen-bond acceptors (Lipinski definition) is 4. The molecule has 1 heterocycles. The average Bonchev–Trinajstić information content (AvgIpc) is 2.30. The lowest BCUT2D eigenvalue weighted by Crippen LogP contribution is -2.32. The molecule has 2 N–H and O–H groups in total. The van der Waals surface area contributed by atoms with Crippen molar-refractivity contribution in [3.05, 3.63) is 22.7 Å². The van der Waals surface area contributed by atoms with Crippen LogP contribution in [0.3, 0.4) is 0 Å². The van der Waals surface area contributed by atoms with Gasteiger partial charge in [0.1, 0.15) is 0 Å². The molecule has 1 aromatic rings. The highest BCUT2D eigenvalue weighted by Gasteiger charge is 2.05. The Morgan fingerprint density at radius 1 is 1.50 bits per heavy atom. The maximum absolute atomic E-state index is 11.8. The van der Waals surface area contributed by atoms with Gasteiger partial charge in [0.2, 0.25) is 5.91 Å². The summed E-state index contributed by atoms with van der Waals surface area (Å²) in [5.74, 6) is 0.251. The van der Waals surface area contributed by atoms with Gasteiger partial charge in [-0.25, -0.2) is 4.98 Å². The van der Waals surface area contributed by atoms with Crippen molar-refractivity contribution in [2.45, 2.75) is 39.8 Å². The zero-order valence-corrected chi connectivity index (χ0v) is 11.1. The van der Waals surface area contributed by atoms with Gasteiger partial charge in [0.15, 0.2) is 5.82 Å². The first-order valence-electron chi connectivity index (χ1n) is 6.13. The lowest BCUT2D eigenvalue weighted by atomic mass is 10.3.